The largest absolute Gasteiger partial charge is 0.466 e. The van der Waals surface area contributed by atoms with E-state index < -0.39 is 11.9 Å². The molecule has 1 fully saturated rings. The second kappa shape index (κ2) is 8.27. The number of thioether (sulfide) groups is 1. The molecule has 0 atom stereocenters. The van der Waals surface area contributed by atoms with Crippen molar-refractivity contribution in [3.8, 4) is 0 Å². The number of amides is 1. The van der Waals surface area contributed by atoms with Crippen LogP contribution in [0.15, 0.2) is 37.8 Å². The minimum atomic E-state index is -0.607. The second-order valence-electron chi connectivity index (χ2n) is 4.03. The SMILES string of the molecule is COC(=O)/C=C1/S/C(=N\N=Cc2cc(Cl)cc(I)c2Br)NC1=O. The van der Waals surface area contributed by atoms with Gasteiger partial charge in [-0.1, -0.05) is 11.6 Å². The smallest absolute Gasteiger partial charge is 0.331 e. The van der Waals surface area contributed by atoms with Gasteiger partial charge in [0.15, 0.2) is 5.17 Å². The van der Waals surface area contributed by atoms with Crippen molar-refractivity contribution in [1.29, 1.82) is 0 Å². The third-order valence-corrected chi connectivity index (χ3v) is 6.06. The van der Waals surface area contributed by atoms with Gasteiger partial charge in [-0.2, -0.15) is 5.10 Å². The number of rotatable bonds is 3. The standard InChI is InChI=1S/C13H8BrClIN3O3S/c1-22-10(20)4-9-12(21)18-13(23-9)19-17-5-6-2-7(15)3-8(16)11(6)14/h2-5H,1H3,(H,18,19,21)/b9-4+,17-5?. The molecule has 1 N–H and O–H groups in total. The van der Waals surface area contributed by atoms with Crippen LogP contribution in [-0.4, -0.2) is 30.4 Å². The number of nitrogens with zero attached hydrogens (tertiary/aromatic N) is 2. The third kappa shape index (κ3) is 5.03. The molecule has 1 aromatic rings. The van der Waals surface area contributed by atoms with Crippen molar-refractivity contribution in [2.75, 3.05) is 7.11 Å². The number of halogens is 3. The number of benzene rings is 1. The molecule has 2 rings (SSSR count). The number of esters is 1. The van der Waals surface area contributed by atoms with E-state index in [-0.39, 0.29) is 10.1 Å². The highest BCUT2D eigenvalue weighted by atomic mass is 127. The average Bonchev–Trinajstić information content (AvgIpc) is 2.84. The summed E-state index contributed by atoms with van der Waals surface area (Å²) in [5.41, 5.74) is 0.755. The summed E-state index contributed by atoms with van der Waals surface area (Å²) in [5.74, 6) is -1.03. The first-order chi connectivity index (χ1) is 10.9. The van der Waals surface area contributed by atoms with E-state index in [1.165, 1.54) is 13.3 Å². The molecule has 0 spiro atoms. The molecular formula is C13H8BrClIN3O3S. The first-order valence-electron chi connectivity index (χ1n) is 5.95. The molecular weight excluding hydrogens is 520 g/mol. The number of methoxy groups -OCH3 is 1. The number of carbonyl (C=O) groups excluding carboxylic acids is 2. The van der Waals surface area contributed by atoms with Crippen molar-refractivity contribution >= 4 is 85.1 Å². The Morgan fingerprint density at radius 3 is 2.96 bits per heavy atom. The molecule has 0 radical (unpaired) electrons. The fourth-order valence-corrected chi connectivity index (χ4v) is 3.58. The fourth-order valence-electron chi connectivity index (χ4n) is 1.45. The van der Waals surface area contributed by atoms with Gasteiger partial charge in [-0.3, -0.25) is 10.1 Å². The first kappa shape index (κ1) is 18.4. The van der Waals surface area contributed by atoms with Crippen molar-refractivity contribution in [3.63, 3.8) is 0 Å². The van der Waals surface area contributed by atoms with Gasteiger partial charge in [-0.05, 0) is 62.4 Å². The van der Waals surface area contributed by atoms with Gasteiger partial charge in [0, 0.05) is 24.7 Å². The Kier molecular flexibility index (Phi) is 6.62. The highest BCUT2D eigenvalue weighted by Gasteiger charge is 2.24. The molecule has 23 heavy (non-hydrogen) atoms. The van der Waals surface area contributed by atoms with Crippen LogP contribution in [0.1, 0.15) is 5.56 Å². The van der Waals surface area contributed by atoms with Crippen LogP contribution in [0.2, 0.25) is 5.02 Å². The number of carbonyl (C=O) groups is 2. The molecule has 1 aromatic carbocycles. The molecule has 10 heteroatoms. The summed E-state index contributed by atoms with van der Waals surface area (Å²) in [4.78, 5) is 23.0. The maximum absolute atomic E-state index is 11.6. The lowest BCUT2D eigenvalue weighted by Crippen LogP contribution is -2.19. The van der Waals surface area contributed by atoms with Gasteiger partial charge in [0.25, 0.3) is 5.91 Å². The lowest BCUT2D eigenvalue weighted by atomic mass is 10.2. The molecule has 6 nitrogen and oxygen atoms in total. The zero-order chi connectivity index (χ0) is 17.0. The maximum atomic E-state index is 11.6. The zero-order valence-electron chi connectivity index (χ0n) is 11.5. The summed E-state index contributed by atoms with van der Waals surface area (Å²) >= 11 is 12.6. The molecule has 0 bridgehead atoms. The lowest BCUT2D eigenvalue weighted by molar-refractivity contribution is -0.135. The number of ether oxygens (including phenoxy) is 1. The summed E-state index contributed by atoms with van der Waals surface area (Å²) in [7, 11) is 1.24. The van der Waals surface area contributed by atoms with Gasteiger partial charge in [-0.15, -0.1) is 5.10 Å². The monoisotopic (exact) mass is 527 g/mol. The number of nitrogens with one attached hydrogen (secondary N) is 1. The van der Waals surface area contributed by atoms with E-state index in [1.807, 2.05) is 6.07 Å². The Morgan fingerprint density at radius 2 is 2.26 bits per heavy atom. The first-order valence-corrected chi connectivity index (χ1v) is 9.01. The summed E-state index contributed by atoms with van der Waals surface area (Å²) < 4.78 is 6.26. The van der Waals surface area contributed by atoms with Crippen LogP contribution in [0.4, 0.5) is 0 Å². The minimum Gasteiger partial charge on any atom is -0.466 e. The lowest BCUT2D eigenvalue weighted by Gasteiger charge is -2.01. The Labute approximate surface area is 163 Å². The quantitative estimate of drug-likeness (QED) is 0.163. The summed E-state index contributed by atoms with van der Waals surface area (Å²) in [6, 6.07) is 3.55. The Hall–Kier alpha value is -0.910. The van der Waals surface area contributed by atoms with Gasteiger partial charge < -0.3 is 4.74 Å². The zero-order valence-corrected chi connectivity index (χ0v) is 16.8. The average molecular weight is 529 g/mol. The van der Waals surface area contributed by atoms with E-state index >= 15 is 0 Å². The van der Waals surface area contributed by atoms with Crippen LogP contribution < -0.4 is 5.32 Å². The van der Waals surface area contributed by atoms with Gasteiger partial charge in [0.1, 0.15) is 0 Å². The van der Waals surface area contributed by atoms with Gasteiger partial charge in [0.2, 0.25) is 0 Å². The summed E-state index contributed by atoms with van der Waals surface area (Å²) in [5, 5.41) is 11.2. The van der Waals surface area contributed by atoms with Crippen molar-refractivity contribution in [2.24, 2.45) is 10.2 Å². The molecule has 0 aromatic heterocycles. The number of amidine groups is 1. The Morgan fingerprint density at radius 1 is 1.52 bits per heavy atom. The van der Waals surface area contributed by atoms with Crippen LogP contribution in [0.5, 0.6) is 0 Å². The highest BCUT2D eigenvalue weighted by Crippen LogP contribution is 2.27. The summed E-state index contributed by atoms with van der Waals surface area (Å²) in [6.07, 6.45) is 2.61. The highest BCUT2D eigenvalue weighted by molar-refractivity contribution is 14.1. The van der Waals surface area contributed by atoms with Gasteiger partial charge in [-0.25, -0.2) is 4.79 Å². The van der Waals surface area contributed by atoms with Gasteiger partial charge >= 0.3 is 5.97 Å². The van der Waals surface area contributed by atoms with E-state index in [9.17, 15) is 9.59 Å². The summed E-state index contributed by atoms with van der Waals surface area (Å²) in [6.45, 7) is 0. The van der Waals surface area contributed by atoms with E-state index in [0.717, 1.165) is 31.4 Å². The molecule has 0 saturated carbocycles. The number of hydrogen-bond donors (Lipinski definition) is 1. The van der Waals surface area contributed by atoms with Crippen molar-refractivity contribution in [2.45, 2.75) is 0 Å². The Bertz CT molecular complexity index is 767. The van der Waals surface area contributed by atoms with Crippen LogP contribution in [0.25, 0.3) is 0 Å². The van der Waals surface area contributed by atoms with Crippen LogP contribution >= 0.6 is 61.9 Å². The molecule has 1 saturated heterocycles. The van der Waals surface area contributed by atoms with Crippen molar-refractivity contribution < 1.29 is 14.3 Å². The van der Waals surface area contributed by atoms with E-state index in [4.69, 9.17) is 11.6 Å². The second-order valence-corrected chi connectivity index (χ2v) is 7.45. The number of hydrogen-bond acceptors (Lipinski definition) is 6. The predicted octanol–water partition coefficient (Wildman–Crippen LogP) is 3.32. The van der Waals surface area contributed by atoms with E-state index in [0.29, 0.717) is 5.02 Å². The molecule has 120 valence electrons. The Balaban J connectivity index is 2.14. The third-order valence-electron chi connectivity index (χ3n) is 2.47. The fraction of sp³-hybridized carbons (Fsp3) is 0.0769. The normalized spacial score (nSPS) is 18.0. The molecule has 1 aliphatic rings. The molecule has 0 unspecified atom stereocenters. The minimum absolute atomic E-state index is 0.198. The molecule has 1 heterocycles. The van der Waals surface area contributed by atoms with E-state index in [2.05, 4.69) is 58.8 Å². The van der Waals surface area contributed by atoms with Crippen molar-refractivity contribution in [3.05, 3.63) is 41.7 Å². The van der Waals surface area contributed by atoms with Crippen LogP contribution in [0, 0.1) is 3.57 Å². The predicted molar refractivity (Wildman–Crippen MR) is 103 cm³/mol. The van der Waals surface area contributed by atoms with Crippen LogP contribution in [-0.2, 0) is 14.3 Å². The van der Waals surface area contributed by atoms with E-state index in [1.54, 1.807) is 6.07 Å². The van der Waals surface area contributed by atoms with Gasteiger partial charge in [0.05, 0.1) is 18.2 Å². The topological polar surface area (TPSA) is 80.1 Å². The maximum Gasteiger partial charge on any atom is 0.331 e. The molecule has 1 aliphatic heterocycles. The van der Waals surface area contributed by atoms with Crippen LogP contribution in [0.3, 0.4) is 0 Å². The molecule has 0 aliphatic carbocycles. The van der Waals surface area contributed by atoms with Crippen molar-refractivity contribution in [1.82, 2.24) is 5.32 Å². The molecule has 1 amide bonds.